The van der Waals surface area contributed by atoms with Crippen molar-refractivity contribution in [1.29, 1.82) is 0 Å². The number of rotatable bonds is 6. The second-order valence-corrected chi connectivity index (χ2v) is 7.95. The number of methoxy groups -OCH3 is 1. The number of amides is 1. The number of carboxylic acid groups (broad SMARTS) is 1. The number of pyridine rings is 1. The van der Waals surface area contributed by atoms with Crippen molar-refractivity contribution in [1.82, 2.24) is 9.88 Å². The molecule has 162 valence electrons. The first kappa shape index (κ1) is 21.7. The highest BCUT2D eigenvalue weighted by molar-refractivity contribution is 6.00. The van der Waals surface area contributed by atoms with Crippen LogP contribution in [-0.4, -0.2) is 41.3 Å². The number of aromatic nitrogens is 1. The Morgan fingerprint density at radius 1 is 1.27 bits per heavy atom. The fraction of sp³-hybridized carbons (Fsp3) is 0.500. The third-order valence-corrected chi connectivity index (χ3v) is 5.22. The molecule has 1 aliphatic rings. The first-order chi connectivity index (χ1) is 14.3. The largest absolute Gasteiger partial charge is 0.493 e. The number of nitrogens with one attached hydrogen (secondary N) is 1. The van der Waals surface area contributed by atoms with Crippen LogP contribution in [0.3, 0.4) is 0 Å². The zero-order valence-corrected chi connectivity index (χ0v) is 17.6. The average Bonchev–Trinajstić information content (AvgIpc) is 2.81. The highest BCUT2D eigenvalue weighted by Crippen LogP contribution is 2.36. The molecule has 30 heavy (non-hydrogen) atoms. The number of nitrogens with zero attached hydrogens (tertiary/aromatic N) is 1. The molecule has 0 saturated heterocycles. The Morgan fingerprint density at radius 2 is 2.03 bits per heavy atom. The van der Waals surface area contributed by atoms with Crippen molar-refractivity contribution >= 4 is 22.8 Å². The fourth-order valence-electron chi connectivity index (χ4n) is 3.76. The van der Waals surface area contributed by atoms with E-state index in [0.29, 0.717) is 35.6 Å². The van der Waals surface area contributed by atoms with E-state index < -0.39 is 23.5 Å². The monoisotopic (exact) mass is 416 g/mol. The van der Waals surface area contributed by atoms with Gasteiger partial charge >= 0.3 is 5.97 Å². The zero-order chi connectivity index (χ0) is 21.8. The summed E-state index contributed by atoms with van der Waals surface area (Å²) in [5, 5.41) is 12.6. The standard InChI is InChI=1S/C22H28N2O6/c1-13(2)11-16(22(27)28)23-20(25)15-12-14-7-8-17(29-3)19-18(14)24(21(15)26)9-5-4-6-10-30-19/h7-8,12-13,16H,4-6,9-11H2,1-3H3,(H,23,25)(H,27,28). The van der Waals surface area contributed by atoms with Crippen LogP contribution in [0.5, 0.6) is 11.5 Å². The molecular weight excluding hydrogens is 388 g/mol. The number of carboxylic acids is 1. The van der Waals surface area contributed by atoms with E-state index in [-0.39, 0.29) is 17.9 Å². The molecule has 1 aliphatic heterocycles. The van der Waals surface area contributed by atoms with Crippen molar-refractivity contribution < 1.29 is 24.2 Å². The van der Waals surface area contributed by atoms with Gasteiger partial charge in [-0.1, -0.05) is 13.8 Å². The Labute approximate surface area is 174 Å². The Kier molecular flexibility index (Phi) is 6.64. The van der Waals surface area contributed by atoms with Crippen LogP contribution in [0.4, 0.5) is 0 Å². The first-order valence-corrected chi connectivity index (χ1v) is 10.2. The molecule has 1 atom stereocenters. The van der Waals surface area contributed by atoms with Crippen LogP contribution in [0.2, 0.25) is 0 Å². The molecule has 8 heteroatoms. The van der Waals surface area contributed by atoms with Crippen molar-refractivity contribution in [3.63, 3.8) is 0 Å². The van der Waals surface area contributed by atoms with Gasteiger partial charge in [0, 0.05) is 11.9 Å². The third-order valence-electron chi connectivity index (χ3n) is 5.22. The number of aliphatic carboxylic acids is 1. The quantitative estimate of drug-likeness (QED) is 0.750. The molecule has 0 saturated carbocycles. The molecule has 1 aromatic carbocycles. The second-order valence-electron chi connectivity index (χ2n) is 7.95. The van der Waals surface area contributed by atoms with E-state index in [9.17, 15) is 19.5 Å². The van der Waals surface area contributed by atoms with Crippen LogP contribution in [0.15, 0.2) is 23.0 Å². The molecule has 2 heterocycles. The number of benzene rings is 1. The normalized spacial score (nSPS) is 14.9. The van der Waals surface area contributed by atoms with Gasteiger partial charge in [-0.15, -0.1) is 0 Å². The SMILES string of the molecule is COc1ccc2cc(C(=O)NC(CC(C)C)C(=O)O)c(=O)n3c2c1OCCCCC3. The molecule has 1 aromatic heterocycles. The molecule has 0 bridgehead atoms. The lowest BCUT2D eigenvalue weighted by molar-refractivity contribution is -0.139. The minimum atomic E-state index is -1.12. The number of aryl methyl sites for hydroxylation is 1. The number of carbonyl (C=O) groups is 2. The number of ether oxygens (including phenoxy) is 2. The van der Waals surface area contributed by atoms with E-state index in [0.717, 1.165) is 19.3 Å². The smallest absolute Gasteiger partial charge is 0.326 e. The minimum absolute atomic E-state index is 0.0760. The van der Waals surface area contributed by atoms with E-state index in [1.165, 1.54) is 6.07 Å². The van der Waals surface area contributed by atoms with Gasteiger partial charge < -0.3 is 24.5 Å². The van der Waals surface area contributed by atoms with Crippen molar-refractivity contribution in [3.8, 4) is 11.5 Å². The van der Waals surface area contributed by atoms with E-state index in [1.54, 1.807) is 23.8 Å². The van der Waals surface area contributed by atoms with Crippen LogP contribution in [0.25, 0.3) is 10.9 Å². The molecule has 1 amide bonds. The lowest BCUT2D eigenvalue weighted by atomic mass is 10.0. The van der Waals surface area contributed by atoms with Crippen molar-refractivity contribution in [2.75, 3.05) is 13.7 Å². The highest BCUT2D eigenvalue weighted by Gasteiger charge is 2.25. The summed E-state index contributed by atoms with van der Waals surface area (Å²) in [6.45, 7) is 4.71. The van der Waals surface area contributed by atoms with Crippen LogP contribution < -0.4 is 20.3 Å². The van der Waals surface area contributed by atoms with Gasteiger partial charge in [0.25, 0.3) is 11.5 Å². The second kappa shape index (κ2) is 9.19. The predicted octanol–water partition coefficient (Wildman–Crippen LogP) is 2.80. The van der Waals surface area contributed by atoms with Crippen LogP contribution in [-0.2, 0) is 11.3 Å². The van der Waals surface area contributed by atoms with E-state index >= 15 is 0 Å². The molecule has 2 aromatic rings. The summed E-state index contributed by atoms with van der Waals surface area (Å²) in [4.78, 5) is 37.7. The summed E-state index contributed by atoms with van der Waals surface area (Å²) in [5.41, 5.74) is 0.0522. The van der Waals surface area contributed by atoms with Crippen molar-refractivity contribution in [2.24, 2.45) is 5.92 Å². The topological polar surface area (TPSA) is 107 Å². The molecule has 0 spiro atoms. The summed E-state index contributed by atoms with van der Waals surface area (Å²) in [6, 6.07) is 3.96. The maximum atomic E-state index is 13.3. The summed E-state index contributed by atoms with van der Waals surface area (Å²) < 4.78 is 12.9. The first-order valence-electron chi connectivity index (χ1n) is 10.2. The summed E-state index contributed by atoms with van der Waals surface area (Å²) in [6.07, 6.45) is 2.78. The molecule has 3 rings (SSSR count). The van der Waals surface area contributed by atoms with Gasteiger partial charge in [0.15, 0.2) is 11.5 Å². The number of carbonyl (C=O) groups excluding carboxylic acids is 1. The maximum Gasteiger partial charge on any atom is 0.326 e. The van der Waals surface area contributed by atoms with Gasteiger partial charge in [-0.25, -0.2) is 4.79 Å². The average molecular weight is 416 g/mol. The van der Waals surface area contributed by atoms with Crippen LogP contribution in [0.1, 0.15) is 49.9 Å². The van der Waals surface area contributed by atoms with Gasteiger partial charge in [0.2, 0.25) is 0 Å². The molecule has 8 nitrogen and oxygen atoms in total. The van der Waals surface area contributed by atoms with E-state index in [4.69, 9.17) is 9.47 Å². The Morgan fingerprint density at radius 3 is 2.70 bits per heavy atom. The van der Waals surface area contributed by atoms with Gasteiger partial charge in [0.05, 0.1) is 19.2 Å². The van der Waals surface area contributed by atoms with E-state index in [2.05, 4.69) is 5.32 Å². The van der Waals surface area contributed by atoms with Gasteiger partial charge in [-0.2, -0.15) is 0 Å². The third kappa shape index (κ3) is 4.42. The minimum Gasteiger partial charge on any atom is -0.493 e. The summed E-state index contributed by atoms with van der Waals surface area (Å²) >= 11 is 0. The maximum absolute atomic E-state index is 13.3. The highest BCUT2D eigenvalue weighted by atomic mass is 16.5. The number of hydrogen-bond acceptors (Lipinski definition) is 5. The van der Waals surface area contributed by atoms with E-state index in [1.807, 2.05) is 13.8 Å². The molecule has 0 aliphatic carbocycles. The Hall–Kier alpha value is -3.03. The zero-order valence-electron chi connectivity index (χ0n) is 17.6. The molecular formula is C22H28N2O6. The fourth-order valence-corrected chi connectivity index (χ4v) is 3.76. The Balaban J connectivity index is 2.12. The van der Waals surface area contributed by atoms with Gasteiger partial charge in [-0.3, -0.25) is 9.59 Å². The lowest BCUT2D eigenvalue weighted by Gasteiger charge is -2.19. The van der Waals surface area contributed by atoms with Crippen LogP contribution in [0, 0.1) is 5.92 Å². The van der Waals surface area contributed by atoms with Crippen molar-refractivity contribution in [2.45, 2.75) is 52.1 Å². The molecule has 0 fully saturated rings. The summed E-state index contributed by atoms with van der Waals surface area (Å²) in [5.74, 6) is -0.711. The number of hydrogen-bond donors (Lipinski definition) is 2. The molecule has 2 N–H and O–H groups in total. The van der Waals surface area contributed by atoms with Gasteiger partial charge in [-0.05, 0) is 49.8 Å². The van der Waals surface area contributed by atoms with Crippen LogP contribution >= 0.6 is 0 Å². The summed E-state index contributed by atoms with van der Waals surface area (Å²) in [7, 11) is 1.54. The Bertz CT molecular complexity index is 1010. The lowest BCUT2D eigenvalue weighted by Crippen LogP contribution is -2.44. The predicted molar refractivity (Wildman–Crippen MR) is 112 cm³/mol. The van der Waals surface area contributed by atoms with Gasteiger partial charge in [0.1, 0.15) is 11.6 Å². The van der Waals surface area contributed by atoms with Crippen molar-refractivity contribution in [3.05, 3.63) is 34.1 Å². The molecule has 0 radical (unpaired) electrons. The molecule has 1 unspecified atom stereocenters.